The van der Waals surface area contributed by atoms with Crippen molar-refractivity contribution in [2.24, 2.45) is 5.92 Å². The maximum atomic E-state index is 12.6. The summed E-state index contributed by atoms with van der Waals surface area (Å²) in [6, 6.07) is 8.27. The molecule has 0 radical (unpaired) electrons. The van der Waals surface area contributed by atoms with Crippen LogP contribution in [0, 0.1) is 5.92 Å². The summed E-state index contributed by atoms with van der Waals surface area (Å²) in [5.74, 6) is 0.536. The molecule has 0 amide bonds. The number of esters is 1. The molecule has 9 nitrogen and oxygen atoms in total. The molecule has 0 aromatic heterocycles. The van der Waals surface area contributed by atoms with Gasteiger partial charge in [-0.2, -0.15) is 0 Å². The molecule has 2 aliphatic heterocycles. The van der Waals surface area contributed by atoms with Crippen LogP contribution in [-0.4, -0.2) is 56.5 Å². The van der Waals surface area contributed by atoms with E-state index < -0.39 is 23.6 Å². The molecule has 2 aromatic carbocycles. The molecular weight excluding hydrogens is 408 g/mol. The molecule has 9 heteroatoms. The van der Waals surface area contributed by atoms with Crippen LogP contribution < -0.4 is 23.7 Å². The Labute approximate surface area is 179 Å². The molecule has 3 atom stereocenters. The zero-order valence-corrected chi connectivity index (χ0v) is 17.4. The van der Waals surface area contributed by atoms with E-state index in [9.17, 15) is 15.0 Å². The highest BCUT2D eigenvalue weighted by atomic mass is 16.7. The van der Waals surface area contributed by atoms with Crippen molar-refractivity contribution < 1.29 is 43.4 Å². The molecule has 2 aliphatic rings. The summed E-state index contributed by atoms with van der Waals surface area (Å²) >= 11 is 0. The number of ether oxygens (including phenoxy) is 6. The van der Waals surface area contributed by atoms with E-state index >= 15 is 0 Å². The van der Waals surface area contributed by atoms with Gasteiger partial charge in [0.05, 0.1) is 33.4 Å². The maximum absolute atomic E-state index is 12.6. The Bertz CT molecular complexity index is 964. The van der Waals surface area contributed by atoms with E-state index in [0.29, 0.717) is 39.9 Å². The summed E-state index contributed by atoms with van der Waals surface area (Å²) in [7, 11) is 4.44. The lowest BCUT2D eigenvalue weighted by Crippen LogP contribution is -2.45. The fourth-order valence-electron chi connectivity index (χ4n) is 4.01. The van der Waals surface area contributed by atoms with Crippen LogP contribution in [0.3, 0.4) is 0 Å². The van der Waals surface area contributed by atoms with Gasteiger partial charge in [0.15, 0.2) is 28.6 Å². The van der Waals surface area contributed by atoms with Crippen LogP contribution in [0.25, 0.3) is 0 Å². The number of benzene rings is 2. The maximum Gasteiger partial charge on any atom is 0.339 e. The highest BCUT2D eigenvalue weighted by Crippen LogP contribution is 2.44. The van der Waals surface area contributed by atoms with E-state index in [0.717, 1.165) is 0 Å². The van der Waals surface area contributed by atoms with Gasteiger partial charge in [-0.05, 0) is 35.4 Å². The van der Waals surface area contributed by atoms with Crippen molar-refractivity contribution >= 4 is 5.97 Å². The molecule has 2 N–H and O–H groups in total. The molecule has 0 spiro atoms. The van der Waals surface area contributed by atoms with Crippen LogP contribution >= 0.6 is 0 Å². The van der Waals surface area contributed by atoms with Crippen molar-refractivity contribution in [1.82, 2.24) is 0 Å². The number of rotatable bonds is 7. The first-order valence-electron chi connectivity index (χ1n) is 9.67. The SMILES string of the molecule is COc1cc(C[C@@]2(O)C(=O)OC[C@@H]2[C@H](O)c2ccc3c(c2)OCO3)cc(OC)c1OC. The lowest BCUT2D eigenvalue weighted by molar-refractivity contribution is -0.155. The van der Waals surface area contributed by atoms with E-state index in [4.69, 9.17) is 28.4 Å². The summed E-state index contributed by atoms with van der Waals surface area (Å²) < 4.78 is 31.8. The van der Waals surface area contributed by atoms with Crippen molar-refractivity contribution in [1.29, 1.82) is 0 Å². The third-order valence-corrected chi connectivity index (χ3v) is 5.68. The van der Waals surface area contributed by atoms with Crippen LogP contribution in [0.2, 0.25) is 0 Å². The highest BCUT2D eigenvalue weighted by Gasteiger charge is 2.54. The second kappa shape index (κ2) is 8.16. The van der Waals surface area contributed by atoms with E-state index in [-0.39, 0.29) is 19.8 Å². The fourth-order valence-corrected chi connectivity index (χ4v) is 4.01. The van der Waals surface area contributed by atoms with Crippen LogP contribution in [0.1, 0.15) is 17.2 Å². The van der Waals surface area contributed by atoms with Crippen molar-refractivity contribution in [2.75, 3.05) is 34.7 Å². The van der Waals surface area contributed by atoms with Gasteiger partial charge in [-0.15, -0.1) is 0 Å². The topological polar surface area (TPSA) is 113 Å². The number of carbonyl (C=O) groups excluding carboxylic acids is 1. The van der Waals surface area contributed by atoms with Gasteiger partial charge < -0.3 is 38.6 Å². The van der Waals surface area contributed by atoms with Crippen LogP contribution in [0.15, 0.2) is 30.3 Å². The molecule has 2 aromatic rings. The van der Waals surface area contributed by atoms with Gasteiger partial charge >= 0.3 is 5.97 Å². The van der Waals surface area contributed by atoms with E-state index in [1.807, 2.05) is 0 Å². The van der Waals surface area contributed by atoms with Crippen LogP contribution in [-0.2, 0) is 16.0 Å². The highest BCUT2D eigenvalue weighted by molar-refractivity contribution is 5.82. The minimum atomic E-state index is -1.96. The van der Waals surface area contributed by atoms with Gasteiger partial charge in [0, 0.05) is 6.42 Å². The minimum absolute atomic E-state index is 0.102. The zero-order chi connectivity index (χ0) is 22.2. The Hall–Kier alpha value is -3.17. The van der Waals surface area contributed by atoms with Gasteiger partial charge in [0.1, 0.15) is 6.61 Å². The predicted octanol–water partition coefficient (Wildman–Crippen LogP) is 1.62. The fraction of sp³-hybridized carbons (Fsp3) is 0.409. The summed E-state index contributed by atoms with van der Waals surface area (Å²) in [5.41, 5.74) is -0.921. The molecule has 0 unspecified atom stereocenters. The molecule has 4 rings (SSSR count). The van der Waals surface area contributed by atoms with Crippen molar-refractivity contribution in [3.05, 3.63) is 41.5 Å². The average Bonchev–Trinajstić information content (AvgIpc) is 3.36. The summed E-state index contributed by atoms with van der Waals surface area (Å²) in [5, 5.41) is 22.4. The third-order valence-electron chi connectivity index (χ3n) is 5.68. The number of hydrogen-bond acceptors (Lipinski definition) is 9. The first-order chi connectivity index (χ1) is 14.9. The van der Waals surface area contributed by atoms with E-state index in [2.05, 4.69) is 0 Å². The molecule has 0 saturated carbocycles. The summed E-state index contributed by atoms with van der Waals surface area (Å²) in [6.07, 6.45) is -1.29. The Kier molecular flexibility index (Phi) is 5.55. The first kappa shape index (κ1) is 21.1. The lowest BCUT2D eigenvalue weighted by atomic mass is 9.79. The average molecular weight is 432 g/mol. The molecule has 0 bridgehead atoms. The zero-order valence-electron chi connectivity index (χ0n) is 17.4. The van der Waals surface area contributed by atoms with Crippen molar-refractivity contribution in [3.63, 3.8) is 0 Å². The number of aliphatic hydroxyl groups excluding tert-OH is 1. The monoisotopic (exact) mass is 432 g/mol. The molecule has 2 heterocycles. The number of fused-ring (bicyclic) bond motifs is 1. The molecular formula is C22H24O9. The Morgan fingerprint density at radius 2 is 1.71 bits per heavy atom. The Morgan fingerprint density at radius 1 is 1.03 bits per heavy atom. The summed E-state index contributed by atoms with van der Waals surface area (Å²) in [6.45, 7) is -0.0274. The molecule has 166 valence electrons. The minimum Gasteiger partial charge on any atom is -0.493 e. The first-order valence-corrected chi connectivity index (χ1v) is 9.67. The van der Waals surface area contributed by atoms with Gasteiger partial charge in [0.2, 0.25) is 12.5 Å². The largest absolute Gasteiger partial charge is 0.493 e. The normalized spacial score (nSPS) is 22.7. The third kappa shape index (κ3) is 3.60. The van der Waals surface area contributed by atoms with Crippen molar-refractivity contribution in [2.45, 2.75) is 18.1 Å². The van der Waals surface area contributed by atoms with E-state index in [1.54, 1.807) is 30.3 Å². The Morgan fingerprint density at radius 3 is 2.35 bits per heavy atom. The number of methoxy groups -OCH3 is 3. The van der Waals surface area contributed by atoms with Crippen molar-refractivity contribution in [3.8, 4) is 28.7 Å². The lowest BCUT2D eigenvalue weighted by Gasteiger charge is -2.29. The van der Waals surface area contributed by atoms with Gasteiger partial charge in [-0.1, -0.05) is 6.07 Å². The number of hydrogen-bond donors (Lipinski definition) is 2. The number of cyclic esters (lactones) is 1. The molecule has 0 aliphatic carbocycles. The van der Waals surface area contributed by atoms with Gasteiger partial charge in [-0.3, -0.25) is 0 Å². The predicted molar refractivity (Wildman–Crippen MR) is 107 cm³/mol. The number of carbonyl (C=O) groups is 1. The molecule has 31 heavy (non-hydrogen) atoms. The standard InChI is InChI=1S/C22H24O9/c1-26-17-6-12(7-18(27-2)20(17)28-3)9-22(25)14(10-29-21(22)24)19(23)13-4-5-15-16(8-13)31-11-30-15/h4-8,14,19,23,25H,9-11H2,1-3H3/t14-,19-,22+/m1/s1. The van der Waals surface area contributed by atoms with Gasteiger partial charge in [-0.25, -0.2) is 4.79 Å². The number of aliphatic hydroxyl groups is 2. The second-order valence-electron chi connectivity index (χ2n) is 7.40. The van der Waals surface area contributed by atoms with Crippen LogP contribution in [0.5, 0.6) is 28.7 Å². The smallest absolute Gasteiger partial charge is 0.339 e. The summed E-state index contributed by atoms with van der Waals surface area (Å²) in [4.78, 5) is 12.6. The van der Waals surface area contributed by atoms with Crippen LogP contribution in [0.4, 0.5) is 0 Å². The quantitative estimate of drug-likeness (QED) is 0.630. The van der Waals surface area contributed by atoms with E-state index in [1.165, 1.54) is 21.3 Å². The molecule has 1 fully saturated rings. The second-order valence-corrected chi connectivity index (χ2v) is 7.40. The molecule has 1 saturated heterocycles. The van der Waals surface area contributed by atoms with Gasteiger partial charge in [0.25, 0.3) is 0 Å². The Balaban J connectivity index is 1.65.